The monoisotopic (exact) mass is 510 g/mol. The van der Waals surface area contributed by atoms with E-state index in [2.05, 4.69) is 15.2 Å². The number of carbonyl (C=O) groups excluding carboxylic acids is 3. The molecule has 0 bridgehead atoms. The molecule has 5 N–H and O–H groups in total. The van der Waals surface area contributed by atoms with Crippen LogP contribution in [0.3, 0.4) is 0 Å². The van der Waals surface area contributed by atoms with Gasteiger partial charge in [-0.05, 0) is 37.1 Å². The van der Waals surface area contributed by atoms with Gasteiger partial charge in [-0.2, -0.15) is 0 Å². The minimum absolute atomic E-state index is 0.0116. The topological polar surface area (TPSA) is 181 Å². The third-order valence-corrected chi connectivity index (χ3v) is 4.94. The second-order valence-electron chi connectivity index (χ2n) is 7.33. The Bertz CT molecular complexity index is 1070. The number of esters is 1. The Balaban J connectivity index is 2.00. The molecule has 2 amide bonds. The summed E-state index contributed by atoms with van der Waals surface area (Å²) in [6.45, 7) is 3.05. The average molecular weight is 510 g/mol. The zero-order valence-corrected chi connectivity index (χ0v) is 19.9. The molecule has 0 saturated carbocycles. The first kappa shape index (κ1) is 27.6. The molecule has 0 heterocycles. The first-order valence-corrected chi connectivity index (χ1v) is 12.0. The molecule has 2 rings (SSSR count). The molecular formula is C22H27N2O10P. The molecule has 0 aliphatic heterocycles. The van der Waals surface area contributed by atoms with Crippen molar-refractivity contribution in [2.45, 2.75) is 39.0 Å². The SMILES string of the molecule is CCOC(=O)[C@H](Cc1ccc(OP(=O)(O)O)c(O)c1)NC(=O)[C@H](C)NC(=O)OCc1ccccc1. The van der Waals surface area contributed by atoms with E-state index in [1.807, 2.05) is 6.07 Å². The van der Waals surface area contributed by atoms with Gasteiger partial charge in [0.25, 0.3) is 0 Å². The first-order chi connectivity index (χ1) is 16.5. The summed E-state index contributed by atoms with van der Waals surface area (Å²) >= 11 is 0. The molecule has 13 heteroatoms. The highest BCUT2D eigenvalue weighted by Crippen LogP contribution is 2.41. The lowest BCUT2D eigenvalue weighted by atomic mass is 10.0. The van der Waals surface area contributed by atoms with Crippen molar-refractivity contribution in [3.63, 3.8) is 0 Å². The van der Waals surface area contributed by atoms with Crippen LogP contribution in [0.5, 0.6) is 11.5 Å². The Morgan fingerprint density at radius 2 is 1.69 bits per heavy atom. The van der Waals surface area contributed by atoms with Gasteiger partial charge in [0.15, 0.2) is 11.5 Å². The molecular weight excluding hydrogens is 483 g/mol. The van der Waals surface area contributed by atoms with E-state index in [-0.39, 0.29) is 19.6 Å². The molecule has 0 saturated heterocycles. The summed E-state index contributed by atoms with van der Waals surface area (Å²) < 4.78 is 25.4. The van der Waals surface area contributed by atoms with Crippen molar-refractivity contribution in [1.29, 1.82) is 0 Å². The normalized spacial score (nSPS) is 12.7. The number of alkyl carbamates (subject to hydrolysis) is 1. The van der Waals surface area contributed by atoms with Gasteiger partial charge in [0.1, 0.15) is 18.7 Å². The predicted molar refractivity (Wildman–Crippen MR) is 122 cm³/mol. The van der Waals surface area contributed by atoms with E-state index in [1.165, 1.54) is 13.0 Å². The number of amides is 2. The van der Waals surface area contributed by atoms with Crippen LogP contribution in [-0.4, -0.2) is 51.6 Å². The number of aromatic hydroxyl groups is 1. The fraction of sp³-hybridized carbons (Fsp3) is 0.318. The number of ether oxygens (including phenoxy) is 2. The summed E-state index contributed by atoms with van der Waals surface area (Å²) in [5.74, 6) is -2.47. The maximum Gasteiger partial charge on any atom is 0.524 e. The molecule has 190 valence electrons. The van der Waals surface area contributed by atoms with E-state index in [1.54, 1.807) is 31.2 Å². The van der Waals surface area contributed by atoms with E-state index >= 15 is 0 Å². The molecule has 35 heavy (non-hydrogen) atoms. The Morgan fingerprint density at radius 3 is 2.29 bits per heavy atom. The second-order valence-corrected chi connectivity index (χ2v) is 8.49. The third-order valence-electron chi connectivity index (χ3n) is 4.51. The Labute approximate surface area is 201 Å². The highest BCUT2D eigenvalue weighted by atomic mass is 31.2. The van der Waals surface area contributed by atoms with Crippen LogP contribution in [0, 0.1) is 0 Å². The van der Waals surface area contributed by atoms with Crippen LogP contribution in [0.1, 0.15) is 25.0 Å². The summed E-state index contributed by atoms with van der Waals surface area (Å²) in [7, 11) is -4.88. The predicted octanol–water partition coefficient (Wildman–Crippen LogP) is 1.77. The van der Waals surface area contributed by atoms with Crippen LogP contribution in [0.15, 0.2) is 48.5 Å². The number of hydrogen-bond donors (Lipinski definition) is 5. The lowest BCUT2D eigenvalue weighted by molar-refractivity contribution is -0.147. The number of carbonyl (C=O) groups is 3. The van der Waals surface area contributed by atoms with E-state index in [0.29, 0.717) is 5.56 Å². The fourth-order valence-electron chi connectivity index (χ4n) is 2.87. The third kappa shape index (κ3) is 9.65. The van der Waals surface area contributed by atoms with Crippen molar-refractivity contribution in [2.75, 3.05) is 6.61 Å². The molecule has 0 aromatic heterocycles. The first-order valence-electron chi connectivity index (χ1n) is 10.5. The van der Waals surface area contributed by atoms with Crippen molar-refractivity contribution in [1.82, 2.24) is 10.6 Å². The van der Waals surface area contributed by atoms with Gasteiger partial charge >= 0.3 is 19.9 Å². The van der Waals surface area contributed by atoms with Crippen LogP contribution in [-0.2, 0) is 36.7 Å². The number of phosphoric acid groups is 1. The van der Waals surface area contributed by atoms with E-state index in [4.69, 9.17) is 19.3 Å². The maximum absolute atomic E-state index is 12.6. The Hall–Kier alpha value is -3.60. The van der Waals surface area contributed by atoms with Gasteiger partial charge in [-0.15, -0.1) is 0 Å². The minimum Gasteiger partial charge on any atom is -0.504 e. The number of phosphoric ester groups is 1. The van der Waals surface area contributed by atoms with Crippen LogP contribution >= 0.6 is 7.82 Å². The summed E-state index contributed by atoms with van der Waals surface area (Å²) in [4.78, 5) is 54.8. The second kappa shape index (κ2) is 12.7. The highest BCUT2D eigenvalue weighted by Gasteiger charge is 2.27. The van der Waals surface area contributed by atoms with E-state index < -0.39 is 49.4 Å². The molecule has 0 aliphatic carbocycles. The molecule has 0 aliphatic rings. The average Bonchev–Trinajstić information content (AvgIpc) is 2.79. The molecule has 12 nitrogen and oxygen atoms in total. The molecule has 2 aromatic carbocycles. The van der Waals surface area contributed by atoms with Crippen molar-refractivity contribution in [3.8, 4) is 11.5 Å². The smallest absolute Gasteiger partial charge is 0.504 e. The van der Waals surface area contributed by atoms with Gasteiger partial charge in [0.05, 0.1) is 6.61 Å². The molecule has 2 aromatic rings. The fourth-order valence-corrected chi connectivity index (χ4v) is 3.28. The molecule has 2 atom stereocenters. The van der Waals surface area contributed by atoms with Crippen LogP contribution in [0.25, 0.3) is 0 Å². The molecule has 0 fully saturated rings. The minimum atomic E-state index is -4.88. The van der Waals surface area contributed by atoms with Gasteiger partial charge in [0.2, 0.25) is 5.91 Å². The summed E-state index contributed by atoms with van der Waals surface area (Å²) in [6, 6.07) is 10.3. The number of nitrogens with one attached hydrogen (secondary N) is 2. The summed E-state index contributed by atoms with van der Waals surface area (Å²) in [6.07, 6.45) is -0.950. The van der Waals surface area contributed by atoms with Crippen LogP contribution < -0.4 is 15.2 Å². The van der Waals surface area contributed by atoms with Gasteiger partial charge in [-0.25, -0.2) is 14.2 Å². The van der Waals surface area contributed by atoms with E-state index in [9.17, 15) is 24.1 Å². The lowest BCUT2D eigenvalue weighted by Gasteiger charge is -2.21. The summed E-state index contributed by atoms with van der Waals surface area (Å²) in [5.41, 5.74) is 1.10. The van der Waals surface area contributed by atoms with Gasteiger partial charge in [0, 0.05) is 6.42 Å². The number of phenolic OH excluding ortho intramolecular Hbond substituents is 1. The van der Waals surface area contributed by atoms with Crippen molar-refractivity contribution in [2.24, 2.45) is 0 Å². The number of rotatable bonds is 11. The number of hydrogen-bond acceptors (Lipinski definition) is 8. The maximum atomic E-state index is 12.6. The number of phenols is 1. The van der Waals surface area contributed by atoms with Crippen LogP contribution in [0.4, 0.5) is 4.79 Å². The van der Waals surface area contributed by atoms with Gasteiger partial charge in [-0.1, -0.05) is 36.4 Å². The number of benzene rings is 2. The zero-order chi connectivity index (χ0) is 26.0. The highest BCUT2D eigenvalue weighted by molar-refractivity contribution is 7.46. The van der Waals surface area contributed by atoms with Gasteiger partial charge < -0.3 is 29.7 Å². The standard InChI is InChI=1S/C22H27N2O10P/c1-3-32-21(27)17(11-16-9-10-19(18(25)12-16)34-35(29,30)31)24-20(26)14(2)23-22(28)33-13-15-7-5-4-6-8-15/h4-10,12,14,17,25H,3,11,13H2,1-2H3,(H,23,28)(H,24,26)(H2,29,30,31)/t14-,17-/m0/s1. The summed E-state index contributed by atoms with van der Waals surface area (Å²) in [5, 5.41) is 14.8. The van der Waals surface area contributed by atoms with Crippen LogP contribution in [0.2, 0.25) is 0 Å². The van der Waals surface area contributed by atoms with E-state index in [0.717, 1.165) is 17.7 Å². The van der Waals surface area contributed by atoms with Crippen molar-refractivity contribution >= 4 is 25.8 Å². The van der Waals surface area contributed by atoms with Gasteiger partial charge in [-0.3, -0.25) is 14.6 Å². The molecule has 0 radical (unpaired) electrons. The van der Waals surface area contributed by atoms with Crippen molar-refractivity contribution < 1.29 is 47.8 Å². The Kier molecular flexibility index (Phi) is 10.1. The molecule has 0 unspecified atom stereocenters. The quantitative estimate of drug-likeness (QED) is 0.221. The van der Waals surface area contributed by atoms with Crippen molar-refractivity contribution in [3.05, 3.63) is 59.7 Å². The lowest BCUT2D eigenvalue weighted by Crippen LogP contribution is -2.51. The zero-order valence-electron chi connectivity index (χ0n) is 19.0. The molecule has 0 spiro atoms. The Morgan fingerprint density at radius 1 is 1.00 bits per heavy atom. The largest absolute Gasteiger partial charge is 0.524 e.